The van der Waals surface area contributed by atoms with Crippen molar-refractivity contribution in [1.29, 1.82) is 5.26 Å². The summed E-state index contributed by atoms with van der Waals surface area (Å²) in [6.45, 7) is 0. The molecular weight excluding hydrogens is 272 g/mol. The quantitative estimate of drug-likeness (QED) is 0.867. The number of benzene rings is 1. The molecule has 0 atom stereocenters. The summed E-state index contributed by atoms with van der Waals surface area (Å²) in [6, 6.07) is 8.95. The first-order valence-electron chi connectivity index (χ1n) is 7.09. The van der Waals surface area contributed by atoms with Gasteiger partial charge < -0.3 is 0 Å². The van der Waals surface area contributed by atoms with Crippen LogP contribution in [0.5, 0.6) is 0 Å². The van der Waals surface area contributed by atoms with Gasteiger partial charge in [0.2, 0.25) is 10.0 Å². The fourth-order valence-corrected chi connectivity index (χ4v) is 4.14. The van der Waals surface area contributed by atoms with Crippen molar-refractivity contribution in [2.45, 2.75) is 50.3 Å². The molecule has 0 aliphatic heterocycles. The SMILES string of the molecule is N#Cc1ccccc1CS(=O)(=O)NC1CCCCCC1. The van der Waals surface area contributed by atoms with Crippen LogP contribution in [0.2, 0.25) is 0 Å². The van der Waals surface area contributed by atoms with Crippen LogP contribution in [-0.4, -0.2) is 14.5 Å². The van der Waals surface area contributed by atoms with Gasteiger partial charge in [0.1, 0.15) is 0 Å². The van der Waals surface area contributed by atoms with E-state index < -0.39 is 10.0 Å². The molecule has 1 aromatic carbocycles. The molecule has 0 radical (unpaired) electrons. The van der Waals surface area contributed by atoms with E-state index in [1.807, 2.05) is 6.07 Å². The number of nitrogens with one attached hydrogen (secondary N) is 1. The predicted octanol–water partition coefficient (Wildman–Crippen LogP) is 2.70. The Morgan fingerprint density at radius 2 is 1.80 bits per heavy atom. The first-order valence-corrected chi connectivity index (χ1v) is 8.74. The number of hydrogen-bond donors (Lipinski definition) is 1. The Bertz CT molecular complexity index is 582. The van der Waals surface area contributed by atoms with Gasteiger partial charge in [0, 0.05) is 6.04 Å². The largest absolute Gasteiger partial charge is 0.216 e. The molecule has 0 unspecified atom stereocenters. The summed E-state index contributed by atoms with van der Waals surface area (Å²) in [7, 11) is -3.38. The number of hydrogen-bond acceptors (Lipinski definition) is 3. The van der Waals surface area contributed by atoms with Gasteiger partial charge in [-0.1, -0.05) is 43.9 Å². The third kappa shape index (κ3) is 4.32. The zero-order valence-corrected chi connectivity index (χ0v) is 12.3. The maximum absolute atomic E-state index is 12.2. The van der Waals surface area contributed by atoms with Crippen molar-refractivity contribution in [1.82, 2.24) is 4.72 Å². The second kappa shape index (κ2) is 6.87. The van der Waals surface area contributed by atoms with E-state index in [0.29, 0.717) is 11.1 Å². The Morgan fingerprint density at radius 3 is 2.45 bits per heavy atom. The maximum Gasteiger partial charge on any atom is 0.216 e. The van der Waals surface area contributed by atoms with Crippen molar-refractivity contribution in [2.75, 3.05) is 0 Å². The van der Waals surface area contributed by atoms with Gasteiger partial charge in [-0.15, -0.1) is 0 Å². The van der Waals surface area contributed by atoms with Gasteiger partial charge >= 0.3 is 0 Å². The van der Waals surface area contributed by atoms with Crippen molar-refractivity contribution in [3.63, 3.8) is 0 Å². The number of nitriles is 1. The molecule has 20 heavy (non-hydrogen) atoms. The Labute approximate surface area is 120 Å². The lowest BCUT2D eigenvalue weighted by Crippen LogP contribution is -2.35. The summed E-state index contributed by atoms with van der Waals surface area (Å²) >= 11 is 0. The lowest BCUT2D eigenvalue weighted by Gasteiger charge is -2.16. The molecule has 1 aromatic rings. The van der Waals surface area contributed by atoms with Crippen molar-refractivity contribution in [2.24, 2.45) is 0 Å². The molecule has 108 valence electrons. The van der Waals surface area contributed by atoms with Gasteiger partial charge in [-0.3, -0.25) is 0 Å². The van der Waals surface area contributed by atoms with E-state index in [2.05, 4.69) is 4.72 Å². The van der Waals surface area contributed by atoms with E-state index in [4.69, 9.17) is 5.26 Å². The molecule has 1 aliphatic carbocycles. The highest BCUT2D eigenvalue weighted by Gasteiger charge is 2.20. The molecule has 0 aromatic heterocycles. The van der Waals surface area contributed by atoms with E-state index in [-0.39, 0.29) is 11.8 Å². The van der Waals surface area contributed by atoms with Crippen LogP contribution in [0, 0.1) is 11.3 Å². The molecule has 1 saturated carbocycles. The molecule has 1 aliphatic rings. The standard InChI is InChI=1S/C15H20N2O2S/c16-11-13-7-5-6-8-14(13)12-20(18,19)17-15-9-3-1-2-4-10-15/h5-8,15,17H,1-4,9-10,12H2. The topological polar surface area (TPSA) is 70.0 Å². The first kappa shape index (κ1) is 15.0. The molecule has 0 spiro atoms. The molecular formula is C15H20N2O2S. The van der Waals surface area contributed by atoms with Crippen LogP contribution >= 0.6 is 0 Å². The summed E-state index contributed by atoms with van der Waals surface area (Å²) in [5.41, 5.74) is 0.995. The van der Waals surface area contributed by atoms with Crippen LogP contribution < -0.4 is 4.72 Å². The van der Waals surface area contributed by atoms with Crippen molar-refractivity contribution in [3.8, 4) is 6.07 Å². The lowest BCUT2D eigenvalue weighted by molar-refractivity contribution is 0.509. The zero-order chi connectivity index (χ0) is 14.4. The van der Waals surface area contributed by atoms with Gasteiger partial charge in [-0.2, -0.15) is 5.26 Å². The molecule has 4 nitrogen and oxygen atoms in total. The summed E-state index contributed by atoms with van der Waals surface area (Å²) in [6.07, 6.45) is 6.38. The minimum Gasteiger partial charge on any atom is -0.212 e. The minimum absolute atomic E-state index is 0.0525. The predicted molar refractivity (Wildman–Crippen MR) is 78.4 cm³/mol. The summed E-state index contributed by atoms with van der Waals surface area (Å²) < 4.78 is 27.3. The third-order valence-electron chi connectivity index (χ3n) is 3.68. The van der Waals surface area contributed by atoms with Gasteiger partial charge in [-0.05, 0) is 24.5 Å². The second-order valence-corrected chi connectivity index (χ2v) is 7.09. The first-order chi connectivity index (χ1) is 9.61. The van der Waals surface area contributed by atoms with E-state index in [0.717, 1.165) is 25.7 Å². The monoisotopic (exact) mass is 292 g/mol. The van der Waals surface area contributed by atoms with Gasteiger partial charge in [0.15, 0.2) is 0 Å². The van der Waals surface area contributed by atoms with Gasteiger partial charge in [0.25, 0.3) is 0 Å². The molecule has 0 amide bonds. The fraction of sp³-hybridized carbons (Fsp3) is 0.533. The second-order valence-electron chi connectivity index (χ2n) is 5.33. The zero-order valence-electron chi connectivity index (χ0n) is 11.5. The molecule has 1 N–H and O–H groups in total. The van der Waals surface area contributed by atoms with Gasteiger partial charge in [-0.25, -0.2) is 13.1 Å². The Balaban J connectivity index is 2.05. The normalized spacial score (nSPS) is 17.4. The molecule has 2 rings (SSSR count). The Hall–Kier alpha value is -1.38. The Kier molecular flexibility index (Phi) is 5.16. The van der Waals surface area contributed by atoms with Crippen LogP contribution in [-0.2, 0) is 15.8 Å². The number of rotatable bonds is 4. The lowest BCUT2D eigenvalue weighted by atomic mass is 10.1. The van der Waals surface area contributed by atoms with E-state index in [1.165, 1.54) is 12.8 Å². The summed E-state index contributed by atoms with van der Waals surface area (Å²) in [4.78, 5) is 0. The third-order valence-corrected chi connectivity index (χ3v) is 5.07. The summed E-state index contributed by atoms with van der Waals surface area (Å²) in [5.74, 6) is -0.118. The molecule has 5 heteroatoms. The molecule has 0 saturated heterocycles. The summed E-state index contributed by atoms with van der Waals surface area (Å²) in [5, 5.41) is 9.01. The van der Waals surface area contributed by atoms with Gasteiger partial charge in [0.05, 0.1) is 17.4 Å². The molecule has 1 fully saturated rings. The van der Waals surface area contributed by atoms with Crippen LogP contribution in [0.15, 0.2) is 24.3 Å². The highest BCUT2D eigenvalue weighted by molar-refractivity contribution is 7.88. The average molecular weight is 292 g/mol. The highest BCUT2D eigenvalue weighted by Crippen LogP contribution is 2.19. The number of sulfonamides is 1. The van der Waals surface area contributed by atoms with Crippen molar-refractivity contribution in [3.05, 3.63) is 35.4 Å². The highest BCUT2D eigenvalue weighted by atomic mass is 32.2. The maximum atomic E-state index is 12.2. The fourth-order valence-electron chi connectivity index (χ4n) is 2.65. The van der Waals surface area contributed by atoms with Crippen LogP contribution in [0.25, 0.3) is 0 Å². The molecule has 0 heterocycles. The van der Waals surface area contributed by atoms with Crippen LogP contribution in [0.1, 0.15) is 49.7 Å². The van der Waals surface area contributed by atoms with E-state index in [1.54, 1.807) is 24.3 Å². The molecule has 0 bridgehead atoms. The van der Waals surface area contributed by atoms with Crippen molar-refractivity contribution < 1.29 is 8.42 Å². The smallest absolute Gasteiger partial charge is 0.212 e. The van der Waals surface area contributed by atoms with E-state index in [9.17, 15) is 8.42 Å². The average Bonchev–Trinajstić information content (AvgIpc) is 2.67. The number of nitrogens with zero attached hydrogens (tertiary/aromatic N) is 1. The van der Waals surface area contributed by atoms with Crippen LogP contribution in [0.4, 0.5) is 0 Å². The van der Waals surface area contributed by atoms with Crippen molar-refractivity contribution >= 4 is 10.0 Å². The Morgan fingerprint density at radius 1 is 1.15 bits per heavy atom. The van der Waals surface area contributed by atoms with E-state index >= 15 is 0 Å². The van der Waals surface area contributed by atoms with Crippen LogP contribution in [0.3, 0.4) is 0 Å². The minimum atomic E-state index is -3.38.